The predicted molar refractivity (Wildman–Crippen MR) is 160 cm³/mol. The number of nitrogens with zero attached hydrogens (tertiary/aromatic N) is 4. The van der Waals surface area contributed by atoms with Crippen LogP contribution in [0.25, 0.3) is 28.0 Å². The van der Waals surface area contributed by atoms with Gasteiger partial charge in [0.15, 0.2) is 5.65 Å². The third-order valence-electron chi connectivity index (χ3n) is 8.56. The molecule has 2 aromatic carbocycles. The predicted octanol–water partition coefficient (Wildman–Crippen LogP) is 6.38. The van der Waals surface area contributed by atoms with Crippen molar-refractivity contribution in [3.8, 4) is 28.1 Å². The molecule has 5 heterocycles. The molecule has 6 bridgehead atoms. The van der Waals surface area contributed by atoms with Crippen molar-refractivity contribution in [1.82, 2.24) is 14.6 Å². The molecular formula is C33H37FN4O4. The smallest absolute Gasteiger partial charge is 0.308 e. The molecule has 1 fully saturated rings. The largest absolute Gasteiger partial charge is 0.493 e. The van der Waals surface area contributed by atoms with Crippen LogP contribution in [0.4, 0.5) is 10.2 Å². The van der Waals surface area contributed by atoms with E-state index in [9.17, 15) is 14.3 Å². The number of carbonyl (C=O) groups is 1. The van der Waals surface area contributed by atoms with Gasteiger partial charge in [-0.05, 0) is 76.1 Å². The minimum Gasteiger partial charge on any atom is -0.493 e. The lowest BCUT2D eigenvalue weighted by molar-refractivity contribution is -0.136. The van der Waals surface area contributed by atoms with Gasteiger partial charge in [0.25, 0.3) is 0 Å². The third-order valence-corrected chi connectivity index (χ3v) is 8.56. The highest BCUT2D eigenvalue weighted by atomic mass is 19.1. The van der Waals surface area contributed by atoms with Crippen molar-refractivity contribution in [2.45, 2.75) is 64.9 Å². The Morgan fingerprint density at radius 2 is 1.81 bits per heavy atom. The number of fused-ring (bicyclic) bond motifs is 8. The summed E-state index contributed by atoms with van der Waals surface area (Å²) in [5, 5.41) is 14.8. The van der Waals surface area contributed by atoms with E-state index in [-0.39, 0.29) is 17.8 Å². The lowest BCUT2D eigenvalue weighted by Crippen LogP contribution is -2.45. The highest BCUT2D eigenvalue weighted by molar-refractivity contribution is 5.78. The number of aryl methyl sites for hydroxylation is 2. The maximum atomic E-state index is 14.6. The van der Waals surface area contributed by atoms with E-state index >= 15 is 0 Å². The van der Waals surface area contributed by atoms with E-state index in [0.29, 0.717) is 41.4 Å². The van der Waals surface area contributed by atoms with Crippen LogP contribution < -0.4 is 9.64 Å². The van der Waals surface area contributed by atoms with Crippen molar-refractivity contribution in [3.63, 3.8) is 0 Å². The van der Waals surface area contributed by atoms with Crippen molar-refractivity contribution >= 4 is 17.4 Å². The molecule has 0 atom stereocenters. The second-order valence-electron chi connectivity index (χ2n) is 11.7. The number of aromatic nitrogens is 3. The highest BCUT2D eigenvalue weighted by Crippen LogP contribution is 2.37. The number of anilines is 1. The summed E-state index contributed by atoms with van der Waals surface area (Å²) in [7, 11) is 0. The minimum atomic E-state index is -0.903. The number of hydrogen-bond acceptors (Lipinski definition) is 6. The average molecular weight is 573 g/mol. The van der Waals surface area contributed by atoms with Gasteiger partial charge in [-0.3, -0.25) is 4.79 Å². The average Bonchev–Trinajstić information content (AvgIpc) is 3.38. The Kier molecular flexibility index (Phi) is 7.62. The molecule has 42 heavy (non-hydrogen) atoms. The highest BCUT2D eigenvalue weighted by Gasteiger charge is 2.33. The quantitative estimate of drug-likeness (QED) is 0.298. The molecule has 3 aliphatic heterocycles. The molecule has 1 N–H and O–H groups in total. The zero-order chi connectivity index (χ0) is 29.4. The zero-order valence-corrected chi connectivity index (χ0v) is 24.5. The van der Waals surface area contributed by atoms with Crippen molar-refractivity contribution in [1.29, 1.82) is 0 Å². The van der Waals surface area contributed by atoms with E-state index in [1.165, 1.54) is 6.07 Å². The van der Waals surface area contributed by atoms with Crippen LogP contribution in [0.15, 0.2) is 42.5 Å². The number of halogens is 1. The fourth-order valence-electron chi connectivity index (χ4n) is 6.03. The van der Waals surface area contributed by atoms with Crippen LogP contribution in [0, 0.1) is 19.7 Å². The number of hydrogen-bond donors (Lipinski definition) is 1. The number of carboxylic acid groups (broad SMARTS) is 1. The van der Waals surface area contributed by atoms with Crippen molar-refractivity contribution in [3.05, 3.63) is 65.1 Å². The molecule has 0 radical (unpaired) electrons. The van der Waals surface area contributed by atoms with Gasteiger partial charge in [-0.25, -0.2) is 9.37 Å². The second kappa shape index (κ2) is 11.4. The summed E-state index contributed by atoms with van der Waals surface area (Å²) in [5.41, 5.74) is 5.65. The molecule has 4 aromatic rings. The Hall–Kier alpha value is -3.98. The maximum absolute atomic E-state index is 14.6. The van der Waals surface area contributed by atoms with Gasteiger partial charge in [-0.15, -0.1) is 0 Å². The number of piperidine rings is 1. The van der Waals surface area contributed by atoms with Gasteiger partial charge in [-0.1, -0.05) is 18.2 Å². The summed E-state index contributed by atoms with van der Waals surface area (Å²) < 4.78 is 28.9. The molecular weight excluding hydrogens is 535 g/mol. The van der Waals surface area contributed by atoms with Gasteiger partial charge >= 0.3 is 5.97 Å². The van der Waals surface area contributed by atoms with Gasteiger partial charge in [-0.2, -0.15) is 9.61 Å². The lowest BCUT2D eigenvalue weighted by atomic mass is 9.92. The van der Waals surface area contributed by atoms with Crippen LogP contribution in [-0.4, -0.2) is 57.6 Å². The minimum absolute atomic E-state index is 0.133. The summed E-state index contributed by atoms with van der Waals surface area (Å²) in [6, 6.07) is 13.2. The normalized spacial score (nSPS) is 17.2. The summed E-state index contributed by atoms with van der Waals surface area (Å²) in [4.78, 5) is 18.9. The van der Waals surface area contributed by atoms with E-state index in [2.05, 4.69) is 11.8 Å². The summed E-state index contributed by atoms with van der Waals surface area (Å²) in [5.74, 6) is 0.104. The van der Waals surface area contributed by atoms with Gasteiger partial charge < -0.3 is 19.5 Å². The monoisotopic (exact) mass is 572 g/mol. The van der Waals surface area contributed by atoms with Crippen molar-refractivity contribution in [2.75, 3.05) is 31.2 Å². The van der Waals surface area contributed by atoms with Gasteiger partial charge in [0, 0.05) is 54.2 Å². The summed E-state index contributed by atoms with van der Waals surface area (Å²) in [6.45, 7) is 8.41. The van der Waals surface area contributed by atoms with Crippen LogP contribution in [0.3, 0.4) is 0 Å². The Morgan fingerprint density at radius 1 is 1.05 bits per heavy atom. The molecule has 1 saturated heterocycles. The van der Waals surface area contributed by atoms with Crippen LogP contribution >= 0.6 is 0 Å². The first kappa shape index (κ1) is 28.2. The number of benzene rings is 2. The molecule has 0 spiro atoms. The Balaban J connectivity index is 1.50. The fourth-order valence-corrected chi connectivity index (χ4v) is 6.03. The summed E-state index contributed by atoms with van der Waals surface area (Å²) >= 11 is 0. The third kappa shape index (κ3) is 5.57. The maximum Gasteiger partial charge on any atom is 0.308 e. The van der Waals surface area contributed by atoms with Crippen LogP contribution in [0.5, 0.6) is 5.75 Å². The molecule has 220 valence electrons. The zero-order valence-electron chi connectivity index (χ0n) is 24.5. The summed E-state index contributed by atoms with van der Waals surface area (Å²) in [6.07, 6.45) is 4.24. The van der Waals surface area contributed by atoms with Crippen LogP contribution in [0.2, 0.25) is 0 Å². The fraction of sp³-hybridized carbons (Fsp3) is 0.424. The van der Waals surface area contributed by atoms with Crippen LogP contribution in [-0.2, 0) is 16.0 Å². The molecule has 9 heteroatoms. The molecule has 7 rings (SSSR count). The first-order valence-electron chi connectivity index (χ1n) is 14.7. The van der Waals surface area contributed by atoms with Gasteiger partial charge in [0.05, 0.1) is 24.3 Å². The Labute approximate surface area is 245 Å². The van der Waals surface area contributed by atoms with Gasteiger partial charge in [0.1, 0.15) is 17.4 Å². The molecule has 2 aromatic heterocycles. The molecule has 3 aliphatic rings. The lowest BCUT2D eigenvalue weighted by Gasteiger charge is -2.41. The molecule has 0 aliphatic carbocycles. The van der Waals surface area contributed by atoms with E-state index in [1.807, 2.05) is 43.3 Å². The number of ether oxygens (including phenoxy) is 2. The Morgan fingerprint density at radius 3 is 2.60 bits per heavy atom. The molecule has 0 amide bonds. The van der Waals surface area contributed by atoms with Gasteiger partial charge in [0.2, 0.25) is 0 Å². The van der Waals surface area contributed by atoms with E-state index in [0.717, 1.165) is 73.4 Å². The van der Waals surface area contributed by atoms with E-state index in [1.54, 1.807) is 11.4 Å². The Bertz CT molecular complexity index is 1640. The SMILES string of the molecule is Cc1cc2c(cc1F)OCCCCCOC1(C)CCN(CC1)c1c(CC(=O)O)c(C)nc3cc(nn13)-c1cccc-2c1. The van der Waals surface area contributed by atoms with Crippen molar-refractivity contribution in [2.24, 2.45) is 0 Å². The topological polar surface area (TPSA) is 89.2 Å². The number of rotatable bonds is 2. The second-order valence-corrected chi connectivity index (χ2v) is 11.7. The first-order chi connectivity index (χ1) is 20.2. The van der Waals surface area contributed by atoms with E-state index in [4.69, 9.17) is 19.6 Å². The van der Waals surface area contributed by atoms with E-state index < -0.39 is 5.97 Å². The van der Waals surface area contributed by atoms with Crippen molar-refractivity contribution < 1.29 is 23.8 Å². The number of carboxylic acids is 1. The molecule has 0 saturated carbocycles. The standard InChI is InChI=1S/C33H37FN4O4/c1-21-16-26-23-8-7-9-24(17-23)28-20-30-35-22(2)25(18-31(39)40)32(38(30)36-28)37-12-10-33(3,11-13-37)42-15-6-4-5-14-41-29(26)19-27(21)34/h7-9,16-17,19-20H,4-6,10-15,18H2,1-3H3,(H,39,40). The first-order valence-corrected chi connectivity index (χ1v) is 14.7. The molecule has 0 unspecified atom stereocenters. The van der Waals surface area contributed by atoms with Crippen LogP contribution in [0.1, 0.15) is 55.8 Å². The molecule has 8 nitrogen and oxygen atoms in total. The number of aliphatic carboxylic acids is 1.